The van der Waals surface area contributed by atoms with Crippen LogP contribution in [-0.2, 0) is 0 Å². The molecule has 0 radical (unpaired) electrons. The van der Waals surface area contributed by atoms with Crippen LogP contribution in [0.2, 0.25) is 5.02 Å². The first-order valence-corrected chi connectivity index (χ1v) is 6.68. The van der Waals surface area contributed by atoms with Gasteiger partial charge in [0.1, 0.15) is 0 Å². The number of halogens is 1. The standard InChI is InChI=1S/C14H18ClNO2/c1-9-4-2-6-11(13(9)15)14(18)16-12-7-3-5-10(12)8-17/h2,4,6,10,12,17H,3,5,7-8H2,1H3,(H,16,18). The molecule has 1 aliphatic rings. The van der Waals surface area contributed by atoms with E-state index in [2.05, 4.69) is 5.32 Å². The summed E-state index contributed by atoms with van der Waals surface area (Å²) in [7, 11) is 0. The van der Waals surface area contributed by atoms with Crippen molar-refractivity contribution < 1.29 is 9.90 Å². The van der Waals surface area contributed by atoms with Crippen molar-refractivity contribution in [2.24, 2.45) is 5.92 Å². The Morgan fingerprint density at radius 1 is 1.50 bits per heavy atom. The van der Waals surface area contributed by atoms with Gasteiger partial charge in [-0.15, -0.1) is 0 Å². The first-order chi connectivity index (χ1) is 8.63. The Kier molecular flexibility index (Phi) is 4.25. The van der Waals surface area contributed by atoms with Crippen molar-refractivity contribution in [2.75, 3.05) is 6.61 Å². The van der Waals surface area contributed by atoms with Gasteiger partial charge in [-0.2, -0.15) is 0 Å². The second kappa shape index (κ2) is 5.72. The van der Waals surface area contributed by atoms with E-state index in [0.29, 0.717) is 10.6 Å². The van der Waals surface area contributed by atoms with Gasteiger partial charge in [0.05, 0.1) is 10.6 Å². The predicted octanol–water partition coefficient (Wildman–Crippen LogP) is 2.54. The molecule has 2 atom stereocenters. The summed E-state index contributed by atoms with van der Waals surface area (Å²) in [5.74, 6) is 0.0339. The van der Waals surface area contributed by atoms with E-state index in [1.165, 1.54) is 0 Å². The number of carbonyl (C=O) groups excluding carboxylic acids is 1. The Labute approximate surface area is 112 Å². The zero-order valence-electron chi connectivity index (χ0n) is 10.4. The molecule has 2 rings (SSSR count). The number of aliphatic hydroxyl groups excluding tert-OH is 1. The van der Waals surface area contributed by atoms with Crippen molar-refractivity contribution in [3.05, 3.63) is 34.3 Å². The number of aryl methyl sites for hydroxylation is 1. The third kappa shape index (κ3) is 2.68. The maximum atomic E-state index is 12.2. The highest BCUT2D eigenvalue weighted by molar-refractivity contribution is 6.34. The average Bonchev–Trinajstić information content (AvgIpc) is 2.79. The van der Waals surface area contributed by atoms with Gasteiger partial charge in [0.15, 0.2) is 0 Å². The molecule has 1 saturated carbocycles. The highest BCUT2D eigenvalue weighted by atomic mass is 35.5. The minimum Gasteiger partial charge on any atom is -0.396 e. The lowest BCUT2D eigenvalue weighted by atomic mass is 10.0. The Bertz CT molecular complexity index is 447. The molecule has 0 spiro atoms. The quantitative estimate of drug-likeness (QED) is 0.884. The van der Waals surface area contributed by atoms with E-state index in [1.54, 1.807) is 6.07 Å². The number of benzene rings is 1. The van der Waals surface area contributed by atoms with Crippen LogP contribution in [0.15, 0.2) is 18.2 Å². The largest absolute Gasteiger partial charge is 0.396 e. The second-order valence-electron chi connectivity index (χ2n) is 4.89. The van der Waals surface area contributed by atoms with Crippen molar-refractivity contribution in [1.82, 2.24) is 5.32 Å². The molecule has 2 N–H and O–H groups in total. The molecule has 0 heterocycles. The van der Waals surface area contributed by atoms with Gasteiger partial charge in [0.2, 0.25) is 0 Å². The van der Waals surface area contributed by atoms with Gasteiger partial charge in [0, 0.05) is 18.6 Å². The Balaban J connectivity index is 2.10. The van der Waals surface area contributed by atoms with Gasteiger partial charge in [-0.25, -0.2) is 0 Å². The lowest BCUT2D eigenvalue weighted by molar-refractivity contribution is 0.0916. The number of nitrogens with one attached hydrogen (secondary N) is 1. The fourth-order valence-electron chi connectivity index (χ4n) is 2.51. The normalized spacial score (nSPS) is 23.1. The molecule has 1 aromatic rings. The van der Waals surface area contributed by atoms with E-state index < -0.39 is 0 Å². The summed E-state index contributed by atoms with van der Waals surface area (Å²) in [6.07, 6.45) is 2.96. The van der Waals surface area contributed by atoms with Gasteiger partial charge in [0.25, 0.3) is 5.91 Å². The summed E-state index contributed by atoms with van der Waals surface area (Å²) in [5, 5.41) is 12.7. The van der Waals surface area contributed by atoms with Crippen LogP contribution in [0.3, 0.4) is 0 Å². The minimum atomic E-state index is -0.144. The number of hydrogen-bond donors (Lipinski definition) is 2. The van der Waals surface area contributed by atoms with Crippen molar-refractivity contribution in [1.29, 1.82) is 0 Å². The number of aliphatic hydroxyl groups is 1. The first kappa shape index (κ1) is 13.4. The Hall–Kier alpha value is -1.06. The van der Waals surface area contributed by atoms with Crippen LogP contribution in [0.4, 0.5) is 0 Å². The molecule has 3 nitrogen and oxygen atoms in total. The van der Waals surface area contributed by atoms with E-state index in [1.807, 2.05) is 19.1 Å². The van der Waals surface area contributed by atoms with Gasteiger partial charge in [-0.1, -0.05) is 30.2 Å². The van der Waals surface area contributed by atoms with Crippen LogP contribution in [-0.4, -0.2) is 23.7 Å². The van der Waals surface area contributed by atoms with Crippen LogP contribution in [0.25, 0.3) is 0 Å². The molecule has 1 amide bonds. The van der Waals surface area contributed by atoms with Gasteiger partial charge in [-0.05, 0) is 31.4 Å². The molecule has 4 heteroatoms. The number of amides is 1. The zero-order valence-corrected chi connectivity index (χ0v) is 11.2. The lowest BCUT2D eigenvalue weighted by Gasteiger charge is -2.19. The third-order valence-electron chi connectivity index (χ3n) is 3.65. The predicted molar refractivity (Wildman–Crippen MR) is 71.9 cm³/mol. The first-order valence-electron chi connectivity index (χ1n) is 6.30. The topological polar surface area (TPSA) is 49.3 Å². The van der Waals surface area contributed by atoms with Crippen molar-refractivity contribution in [3.8, 4) is 0 Å². The van der Waals surface area contributed by atoms with E-state index in [0.717, 1.165) is 24.8 Å². The summed E-state index contributed by atoms with van der Waals surface area (Å²) in [6, 6.07) is 5.51. The maximum Gasteiger partial charge on any atom is 0.253 e. The summed E-state index contributed by atoms with van der Waals surface area (Å²) in [4.78, 5) is 12.2. The molecule has 0 aliphatic heterocycles. The third-order valence-corrected chi connectivity index (χ3v) is 4.15. The molecule has 2 unspecified atom stereocenters. The number of rotatable bonds is 3. The molecule has 1 aliphatic carbocycles. The van der Waals surface area contributed by atoms with E-state index in [4.69, 9.17) is 11.6 Å². The summed E-state index contributed by atoms with van der Waals surface area (Å²) >= 11 is 6.13. The van der Waals surface area contributed by atoms with Gasteiger partial charge < -0.3 is 10.4 Å². The molecule has 0 bridgehead atoms. The van der Waals surface area contributed by atoms with Crippen LogP contribution < -0.4 is 5.32 Å². The molecule has 98 valence electrons. The molecule has 18 heavy (non-hydrogen) atoms. The highest BCUT2D eigenvalue weighted by Crippen LogP contribution is 2.26. The van der Waals surface area contributed by atoms with Crippen LogP contribution >= 0.6 is 11.6 Å². The summed E-state index contributed by atoms with van der Waals surface area (Å²) < 4.78 is 0. The smallest absolute Gasteiger partial charge is 0.253 e. The van der Waals surface area contributed by atoms with E-state index >= 15 is 0 Å². The van der Waals surface area contributed by atoms with Crippen molar-refractivity contribution in [2.45, 2.75) is 32.2 Å². The molecule has 1 aromatic carbocycles. The van der Waals surface area contributed by atoms with Crippen molar-refractivity contribution in [3.63, 3.8) is 0 Å². The van der Waals surface area contributed by atoms with Gasteiger partial charge >= 0.3 is 0 Å². The summed E-state index contributed by atoms with van der Waals surface area (Å²) in [5.41, 5.74) is 1.41. The molecular formula is C14H18ClNO2. The molecular weight excluding hydrogens is 250 g/mol. The summed E-state index contributed by atoms with van der Waals surface area (Å²) in [6.45, 7) is 2.01. The van der Waals surface area contributed by atoms with Crippen LogP contribution in [0.5, 0.6) is 0 Å². The van der Waals surface area contributed by atoms with E-state index in [9.17, 15) is 9.90 Å². The minimum absolute atomic E-state index is 0.0686. The fourth-order valence-corrected chi connectivity index (χ4v) is 2.73. The number of carbonyl (C=O) groups is 1. The number of hydrogen-bond acceptors (Lipinski definition) is 2. The fraction of sp³-hybridized carbons (Fsp3) is 0.500. The van der Waals surface area contributed by atoms with Crippen LogP contribution in [0.1, 0.15) is 35.2 Å². The molecule has 0 saturated heterocycles. The van der Waals surface area contributed by atoms with Crippen molar-refractivity contribution >= 4 is 17.5 Å². The van der Waals surface area contributed by atoms with E-state index in [-0.39, 0.29) is 24.5 Å². The molecule has 1 fully saturated rings. The second-order valence-corrected chi connectivity index (χ2v) is 5.27. The SMILES string of the molecule is Cc1cccc(C(=O)NC2CCCC2CO)c1Cl. The monoisotopic (exact) mass is 267 g/mol. The maximum absolute atomic E-state index is 12.2. The van der Waals surface area contributed by atoms with Crippen LogP contribution in [0, 0.1) is 12.8 Å². The average molecular weight is 268 g/mol. The Morgan fingerprint density at radius 3 is 3.00 bits per heavy atom. The zero-order chi connectivity index (χ0) is 13.1. The van der Waals surface area contributed by atoms with Gasteiger partial charge in [-0.3, -0.25) is 4.79 Å². The Morgan fingerprint density at radius 2 is 2.28 bits per heavy atom. The lowest BCUT2D eigenvalue weighted by Crippen LogP contribution is -2.38. The highest BCUT2D eigenvalue weighted by Gasteiger charge is 2.28. The molecule has 0 aromatic heterocycles.